The molecular weight excluding hydrogens is 384 g/mol. The van der Waals surface area contributed by atoms with Gasteiger partial charge in [0, 0.05) is 18.6 Å². The molecule has 3 N–H and O–H groups in total. The Labute approximate surface area is 176 Å². The fraction of sp³-hybridized carbons (Fsp3) is 0.636. The Kier molecular flexibility index (Phi) is 5.39. The van der Waals surface area contributed by atoms with Crippen LogP contribution < -0.4 is 15.5 Å². The molecule has 3 fully saturated rings. The van der Waals surface area contributed by atoms with Gasteiger partial charge in [-0.05, 0) is 50.3 Å². The number of fused-ring (bicyclic) bond motifs is 3. The molecule has 1 aromatic heterocycles. The first kappa shape index (κ1) is 19.8. The number of aromatic nitrogens is 1. The van der Waals surface area contributed by atoms with E-state index < -0.39 is 0 Å². The normalized spacial score (nSPS) is 31.3. The molecule has 1 aromatic carbocycles. The van der Waals surface area contributed by atoms with Crippen LogP contribution in [0, 0.1) is 11.8 Å². The van der Waals surface area contributed by atoms with E-state index in [9.17, 15) is 9.90 Å². The Morgan fingerprint density at radius 3 is 3.07 bits per heavy atom. The van der Waals surface area contributed by atoms with Crippen molar-refractivity contribution in [2.24, 2.45) is 11.8 Å². The highest BCUT2D eigenvalue weighted by molar-refractivity contribution is 6.04. The highest BCUT2D eigenvalue weighted by atomic mass is 16.5. The molecule has 2 heterocycles. The molecule has 3 aliphatic rings. The van der Waals surface area contributed by atoms with Gasteiger partial charge in [-0.1, -0.05) is 12.5 Å². The molecular formula is C22H30N4O4. The molecule has 2 aromatic rings. The second-order valence-electron chi connectivity index (χ2n) is 8.74. The molecule has 2 aliphatic carbocycles. The molecule has 0 spiro atoms. The van der Waals surface area contributed by atoms with E-state index in [0.717, 1.165) is 12.8 Å². The maximum Gasteiger partial charge on any atom is 0.298 e. The number of aliphatic hydroxyl groups excluding tert-OH is 1. The first-order valence-corrected chi connectivity index (χ1v) is 11.0. The molecule has 1 saturated heterocycles. The number of nitrogens with one attached hydrogen (secondary N) is 2. The van der Waals surface area contributed by atoms with E-state index in [4.69, 9.17) is 9.15 Å². The lowest BCUT2D eigenvalue weighted by Crippen LogP contribution is -2.47. The zero-order valence-electron chi connectivity index (χ0n) is 17.3. The van der Waals surface area contributed by atoms with Crippen LogP contribution in [0.4, 0.5) is 6.01 Å². The Hall–Kier alpha value is -2.16. The predicted molar refractivity (Wildman–Crippen MR) is 113 cm³/mol. The third kappa shape index (κ3) is 3.36. The minimum atomic E-state index is -0.194. The molecule has 2 bridgehead atoms. The number of ether oxygens (including phenoxy) is 1. The van der Waals surface area contributed by atoms with Crippen molar-refractivity contribution in [2.75, 3.05) is 38.3 Å². The third-order valence-corrected chi connectivity index (χ3v) is 7.14. The summed E-state index contributed by atoms with van der Waals surface area (Å²) in [5.74, 6) is 1.04. The number of benzene rings is 1. The number of para-hydroxylation sites is 1. The van der Waals surface area contributed by atoms with Crippen molar-refractivity contribution in [3.05, 3.63) is 23.8 Å². The SMILES string of the molecule is CNC1C2CCCC1C(NC(=O)c1cccc3oc(N4CCOC[C@@H]4CO)nc13)C2. The lowest BCUT2D eigenvalue weighted by Gasteiger charge is -2.32. The number of morpholine rings is 1. The Balaban J connectivity index is 1.39. The van der Waals surface area contributed by atoms with Crippen molar-refractivity contribution in [1.82, 2.24) is 15.6 Å². The zero-order chi connectivity index (χ0) is 20.7. The number of aliphatic hydroxyl groups is 1. The predicted octanol–water partition coefficient (Wildman–Crippen LogP) is 1.53. The van der Waals surface area contributed by atoms with Crippen LogP contribution in [0.1, 0.15) is 36.0 Å². The summed E-state index contributed by atoms with van der Waals surface area (Å²) in [7, 11) is 2.03. The van der Waals surface area contributed by atoms with Gasteiger partial charge in [0.15, 0.2) is 5.58 Å². The molecule has 8 nitrogen and oxygen atoms in total. The summed E-state index contributed by atoms with van der Waals surface area (Å²) in [6.45, 7) is 1.54. The molecule has 0 radical (unpaired) electrons. The van der Waals surface area contributed by atoms with E-state index in [1.54, 1.807) is 0 Å². The number of hydrogen-bond donors (Lipinski definition) is 3. The molecule has 8 heteroatoms. The number of carbonyl (C=O) groups is 1. The zero-order valence-corrected chi connectivity index (χ0v) is 17.3. The van der Waals surface area contributed by atoms with Crippen molar-refractivity contribution in [1.29, 1.82) is 0 Å². The summed E-state index contributed by atoms with van der Waals surface area (Å²) < 4.78 is 11.4. The molecule has 5 rings (SSSR count). The molecule has 2 saturated carbocycles. The standard InChI is InChI=1S/C22H30N4O4/c1-23-19-13-4-2-5-15(19)17(10-13)24-21(28)16-6-3-7-18-20(16)25-22(30-18)26-8-9-29-12-14(26)11-27/h3,6-7,13-15,17,19,23,27H,2,4-5,8-12H2,1H3,(H,24,28)/t13?,14-,15?,17?,19?/m0/s1. The van der Waals surface area contributed by atoms with Gasteiger partial charge in [0.05, 0.1) is 31.4 Å². The van der Waals surface area contributed by atoms with Gasteiger partial charge in [0.1, 0.15) is 5.52 Å². The summed E-state index contributed by atoms with van der Waals surface area (Å²) in [5, 5.41) is 16.4. The average Bonchev–Trinajstić information content (AvgIpc) is 3.29. The van der Waals surface area contributed by atoms with Gasteiger partial charge in [0.25, 0.3) is 11.9 Å². The van der Waals surface area contributed by atoms with Crippen molar-refractivity contribution in [2.45, 2.75) is 43.8 Å². The summed E-state index contributed by atoms with van der Waals surface area (Å²) in [6, 6.07) is 6.40. The minimum Gasteiger partial charge on any atom is -0.423 e. The number of anilines is 1. The Morgan fingerprint density at radius 2 is 2.27 bits per heavy atom. The topological polar surface area (TPSA) is 99.9 Å². The number of nitrogens with zero attached hydrogens (tertiary/aromatic N) is 2. The van der Waals surface area contributed by atoms with Crippen LogP contribution in [-0.2, 0) is 4.74 Å². The first-order valence-electron chi connectivity index (χ1n) is 11.0. The third-order valence-electron chi connectivity index (χ3n) is 7.14. The number of carbonyl (C=O) groups excluding carboxylic acids is 1. The van der Waals surface area contributed by atoms with Crippen molar-refractivity contribution >= 4 is 23.0 Å². The van der Waals surface area contributed by atoms with Gasteiger partial charge in [-0.25, -0.2) is 0 Å². The van der Waals surface area contributed by atoms with Crippen LogP contribution in [0.2, 0.25) is 0 Å². The second-order valence-corrected chi connectivity index (χ2v) is 8.74. The molecule has 4 unspecified atom stereocenters. The number of amides is 1. The largest absolute Gasteiger partial charge is 0.423 e. The van der Waals surface area contributed by atoms with E-state index in [-0.39, 0.29) is 24.6 Å². The van der Waals surface area contributed by atoms with Crippen molar-refractivity contribution < 1.29 is 19.1 Å². The molecule has 1 aliphatic heterocycles. The maximum atomic E-state index is 13.2. The highest BCUT2D eigenvalue weighted by Gasteiger charge is 2.45. The van der Waals surface area contributed by atoms with Gasteiger partial charge in [-0.2, -0.15) is 4.98 Å². The van der Waals surface area contributed by atoms with Crippen LogP contribution in [0.3, 0.4) is 0 Å². The van der Waals surface area contributed by atoms with E-state index in [2.05, 4.69) is 15.6 Å². The molecule has 1 amide bonds. The fourth-order valence-corrected chi connectivity index (χ4v) is 5.70. The second kappa shape index (κ2) is 8.17. The van der Waals surface area contributed by atoms with Gasteiger partial charge in [-0.15, -0.1) is 0 Å². The highest BCUT2D eigenvalue weighted by Crippen LogP contribution is 2.42. The average molecular weight is 415 g/mol. The number of oxazole rings is 1. The van der Waals surface area contributed by atoms with Crippen LogP contribution >= 0.6 is 0 Å². The van der Waals surface area contributed by atoms with Gasteiger partial charge < -0.3 is 29.8 Å². The van der Waals surface area contributed by atoms with Gasteiger partial charge >= 0.3 is 0 Å². The summed E-state index contributed by atoms with van der Waals surface area (Å²) >= 11 is 0. The van der Waals surface area contributed by atoms with Crippen LogP contribution in [0.5, 0.6) is 0 Å². The van der Waals surface area contributed by atoms with Crippen LogP contribution in [0.15, 0.2) is 22.6 Å². The van der Waals surface area contributed by atoms with Crippen LogP contribution in [-0.4, -0.2) is 67.5 Å². The summed E-state index contributed by atoms with van der Waals surface area (Å²) in [4.78, 5) is 19.8. The Morgan fingerprint density at radius 1 is 1.37 bits per heavy atom. The minimum absolute atomic E-state index is 0.0388. The monoisotopic (exact) mass is 414 g/mol. The lowest BCUT2D eigenvalue weighted by molar-refractivity contribution is 0.0700. The first-order chi connectivity index (χ1) is 14.7. The molecule has 30 heavy (non-hydrogen) atoms. The molecule has 162 valence electrons. The smallest absolute Gasteiger partial charge is 0.298 e. The lowest BCUT2D eigenvalue weighted by atomic mass is 9.83. The van der Waals surface area contributed by atoms with Crippen molar-refractivity contribution in [3.63, 3.8) is 0 Å². The van der Waals surface area contributed by atoms with E-state index in [0.29, 0.717) is 60.3 Å². The molecule has 5 atom stereocenters. The Bertz CT molecular complexity index is 916. The van der Waals surface area contributed by atoms with Gasteiger partial charge in [0.2, 0.25) is 0 Å². The van der Waals surface area contributed by atoms with E-state index in [1.165, 1.54) is 12.8 Å². The van der Waals surface area contributed by atoms with Crippen LogP contribution in [0.25, 0.3) is 11.1 Å². The fourth-order valence-electron chi connectivity index (χ4n) is 5.70. The van der Waals surface area contributed by atoms with E-state index in [1.807, 2.05) is 30.1 Å². The quantitative estimate of drug-likeness (QED) is 0.682. The number of hydrogen-bond acceptors (Lipinski definition) is 7. The number of rotatable bonds is 5. The van der Waals surface area contributed by atoms with E-state index >= 15 is 0 Å². The van der Waals surface area contributed by atoms with Crippen molar-refractivity contribution in [3.8, 4) is 0 Å². The maximum absolute atomic E-state index is 13.2. The summed E-state index contributed by atoms with van der Waals surface area (Å²) in [6.07, 6.45) is 4.68. The summed E-state index contributed by atoms with van der Waals surface area (Å²) in [5.41, 5.74) is 1.69. The van der Waals surface area contributed by atoms with Gasteiger partial charge in [-0.3, -0.25) is 4.79 Å².